The molecule has 2 heterocycles. The predicted molar refractivity (Wildman–Crippen MR) is 65.0 cm³/mol. The molecule has 5 heteroatoms. The van der Waals surface area contributed by atoms with E-state index in [0.29, 0.717) is 12.5 Å². The zero-order chi connectivity index (χ0) is 12.7. The molecule has 4 atom stereocenters. The number of nitrogens with zero attached hydrogens (tertiary/aromatic N) is 1. The Morgan fingerprint density at radius 1 is 1.11 bits per heavy atom. The van der Waals surface area contributed by atoms with Crippen LogP contribution in [0.1, 0.15) is 32.1 Å². The molecule has 0 aromatic carbocycles. The number of nitrogens with one attached hydrogen (secondary N) is 1. The number of carbonyl (C=O) groups is 2. The Bertz CT molecular complexity index is 371. The number of rotatable bonds is 3. The van der Waals surface area contributed by atoms with Gasteiger partial charge in [0.2, 0.25) is 5.91 Å². The topological polar surface area (TPSA) is 69.6 Å². The maximum atomic E-state index is 11.9. The highest BCUT2D eigenvalue weighted by Gasteiger charge is 2.48. The third-order valence-corrected chi connectivity index (χ3v) is 4.61. The third-order valence-electron chi connectivity index (χ3n) is 4.61. The van der Waals surface area contributed by atoms with Crippen LogP contribution in [0, 0.1) is 11.8 Å². The average molecular weight is 252 g/mol. The van der Waals surface area contributed by atoms with Gasteiger partial charge in [0.05, 0.1) is 11.8 Å². The van der Waals surface area contributed by atoms with Gasteiger partial charge < -0.3 is 15.3 Å². The molecule has 2 unspecified atom stereocenters. The molecule has 3 rings (SSSR count). The van der Waals surface area contributed by atoms with E-state index in [1.54, 1.807) is 0 Å². The lowest BCUT2D eigenvalue weighted by Gasteiger charge is -2.35. The fraction of sp³-hybridized carbons (Fsp3) is 0.846. The monoisotopic (exact) mass is 252 g/mol. The van der Waals surface area contributed by atoms with Gasteiger partial charge in [0.1, 0.15) is 0 Å². The van der Waals surface area contributed by atoms with E-state index in [4.69, 9.17) is 5.11 Å². The van der Waals surface area contributed by atoms with E-state index in [9.17, 15) is 9.59 Å². The molecule has 1 amide bonds. The number of piperidine rings is 1. The Morgan fingerprint density at radius 2 is 1.94 bits per heavy atom. The van der Waals surface area contributed by atoms with Crippen molar-refractivity contribution in [3.63, 3.8) is 0 Å². The molecule has 2 saturated heterocycles. The van der Waals surface area contributed by atoms with Crippen LogP contribution in [0.25, 0.3) is 0 Å². The minimum atomic E-state index is -0.833. The van der Waals surface area contributed by atoms with Crippen molar-refractivity contribution in [2.75, 3.05) is 13.1 Å². The van der Waals surface area contributed by atoms with Crippen LogP contribution in [0.3, 0.4) is 0 Å². The highest BCUT2D eigenvalue weighted by atomic mass is 16.4. The van der Waals surface area contributed by atoms with E-state index in [-0.39, 0.29) is 17.9 Å². The fourth-order valence-electron chi connectivity index (χ4n) is 3.42. The molecule has 1 saturated carbocycles. The lowest BCUT2D eigenvalue weighted by atomic mass is 9.97. The largest absolute Gasteiger partial charge is 0.481 e. The second-order valence-corrected chi connectivity index (χ2v) is 5.85. The van der Waals surface area contributed by atoms with Crippen molar-refractivity contribution < 1.29 is 14.7 Å². The fourth-order valence-corrected chi connectivity index (χ4v) is 3.42. The molecule has 0 aromatic rings. The Balaban J connectivity index is 1.49. The van der Waals surface area contributed by atoms with Crippen molar-refractivity contribution in [1.82, 2.24) is 10.2 Å². The number of amides is 1. The van der Waals surface area contributed by atoms with Crippen molar-refractivity contribution >= 4 is 11.9 Å². The Kier molecular flexibility index (Phi) is 3.01. The van der Waals surface area contributed by atoms with Gasteiger partial charge in [-0.3, -0.25) is 9.59 Å². The molecule has 18 heavy (non-hydrogen) atoms. The number of hydrogen-bond donors (Lipinski definition) is 2. The summed E-state index contributed by atoms with van der Waals surface area (Å²) in [6.07, 6.45) is 5.08. The number of fused-ring (bicyclic) bond motifs is 1. The number of carboxylic acid groups (broad SMARTS) is 1. The summed E-state index contributed by atoms with van der Waals surface area (Å²) in [5, 5.41) is 11.9. The van der Waals surface area contributed by atoms with Crippen molar-refractivity contribution in [2.24, 2.45) is 11.8 Å². The summed E-state index contributed by atoms with van der Waals surface area (Å²) < 4.78 is 0. The number of hydrogen-bond acceptors (Lipinski definition) is 3. The molecule has 3 aliphatic rings. The molecule has 3 fully saturated rings. The van der Waals surface area contributed by atoms with Gasteiger partial charge in [-0.15, -0.1) is 0 Å². The number of carboxylic acids is 1. The van der Waals surface area contributed by atoms with Crippen LogP contribution in [0.15, 0.2) is 0 Å². The molecule has 0 aromatic heterocycles. The van der Waals surface area contributed by atoms with E-state index >= 15 is 0 Å². The number of aliphatic carboxylic acids is 1. The van der Waals surface area contributed by atoms with Crippen molar-refractivity contribution in [3.8, 4) is 0 Å². The molecule has 2 aliphatic heterocycles. The highest BCUT2D eigenvalue weighted by molar-refractivity contribution is 5.89. The van der Waals surface area contributed by atoms with E-state index in [0.717, 1.165) is 19.4 Å². The summed E-state index contributed by atoms with van der Waals surface area (Å²) in [6.45, 7) is 2.28. The van der Waals surface area contributed by atoms with Crippen LogP contribution in [-0.4, -0.2) is 47.1 Å². The first-order chi connectivity index (χ1) is 8.65. The van der Waals surface area contributed by atoms with E-state index in [1.165, 1.54) is 19.4 Å². The normalized spacial score (nSPS) is 39.1. The molecule has 100 valence electrons. The van der Waals surface area contributed by atoms with Crippen LogP contribution in [0.5, 0.6) is 0 Å². The van der Waals surface area contributed by atoms with Crippen molar-refractivity contribution in [3.05, 3.63) is 0 Å². The molecule has 5 nitrogen and oxygen atoms in total. The summed E-state index contributed by atoms with van der Waals surface area (Å²) in [4.78, 5) is 25.1. The Hall–Kier alpha value is -1.10. The maximum absolute atomic E-state index is 11.9. The first kappa shape index (κ1) is 12.0. The Labute approximate surface area is 107 Å². The summed E-state index contributed by atoms with van der Waals surface area (Å²) >= 11 is 0. The van der Waals surface area contributed by atoms with Gasteiger partial charge in [-0.1, -0.05) is 0 Å². The molecule has 1 aliphatic carbocycles. The first-order valence-corrected chi connectivity index (χ1v) is 6.92. The lowest BCUT2D eigenvalue weighted by molar-refractivity contribution is -0.140. The molecule has 2 N–H and O–H groups in total. The zero-order valence-corrected chi connectivity index (χ0v) is 10.5. The van der Waals surface area contributed by atoms with Gasteiger partial charge in [-0.2, -0.15) is 0 Å². The van der Waals surface area contributed by atoms with Crippen LogP contribution in [0.4, 0.5) is 0 Å². The van der Waals surface area contributed by atoms with Crippen molar-refractivity contribution in [2.45, 2.75) is 44.2 Å². The van der Waals surface area contributed by atoms with Crippen LogP contribution in [0.2, 0.25) is 0 Å². The van der Waals surface area contributed by atoms with Gasteiger partial charge in [0.15, 0.2) is 0 Å². The lowest BCUT2D eigenvalue weighted by Crippen LogP contribution is -2.47. The van der Waals surface area contributed by atoms with Crippen LogP contribution < -0.4 is 5.32 Å². The van der Waals surface area contributed by atoms with Gasteiger partial charge in [-0.25, -0.2) is 0 Å². The van der Waals surface area contributed by atoms with Gasteiger partial charge in [0, 0.05) is 18.6 Å². The predicted octanol–water partition coefficient (Wildman–Crippen LogP) is 0.450. The molecule has 0 radical (unpaired) electrons. The minimum Gasteiger partial charge on any atom is -0.481 e. The van der Waals surface area contributed by atoms with Gasteiger partial charge >= 0.3 is 5.97 Å². The van der Waals surface area contributed by atoms with Crippen molar-refractivity contribution in [1.29, 1.82) is 0 Å². The van der Waals surface area contributed by atoms with Crippen LogP contribution >= 0.6 is 0 Å². The standard InChI is InChI=1S/C13H20N2O3/c16-12(10-7-11(10)13(17)18)14-8-3-5-15-4-1-2-9(15)6-8/h8-11H,1-7H2,(H,14,16)(H,17,18)/t8?,9?,10-,11+/m1/s1. The van der Waals surface area contributed by atoms with E-state index in [1.807, 2.05) is 0 Å². The smallest absolute Gasteiger partial charge is 0.307 e. The summed E-state index contributed by atoms with van der Waals surface area (Å²) in [5.74, 6) is -1.58. The summed E-state index contributed by atoms with van der Waals surface area (Å²) in [5.41, 5.74) is 0. The summed E-state index contributed by atoms with van der Waals surface area (Å²) in [7, 11) is 0. The first-order valence-electron chi connectivity index (χ1n) is 6.92. The molecule has 0 bridgehead atoms. The van der Waals surface area contributed by atoms with Gasteiger partial charge in [-0.05, 0) is 38.6 Å². The second-order valence-electron chi connectivity index (χ2n) is 5.85. The molecular weight excluding hydrogens is 232 g/mol. The van der Waals surface area contributed by atoms with E-state index < -0.39 is 11.9 Å². The van der Waals surface area contributed by atoms with Crippen LogP contribution in [-0.2, 0) is 9.59 Å². The SMILES string of the molecule is O=C(O)[C@H]1C[C@H]1C(=O)NC1CCN2CCCC2C1. The zero-order valence-electron chi connectivity index (χ0n) is 10.5. The quantitative estimate of drug-likeness (QED) is 0.765. The van der Waals surface area contributed by atoms with Gasteiger partial charge in [0.25, 0.3) is 0 Å². The van der Waals surface area contributed by atoms with E-state index in [2.05, 4.69) is 10.2 Å². The third kappa shape index (κ3) is 2.23. The molecular formula is C13H20N2O3. The molecule has 0 spiro atoms. The Morgan fingerprint density at radius 3 is 2.67 bits per heavy atom. The number of carbonyl (C=O) groups excluding carboxylic acids is 1. The minimum absolute atomic E-state index is 0.0427. The average Bonchev–Trinajstić information content (AvgIpc) is 3.02. The second kappa shape index (κ2) is 4.53. The maximum Gasteiger partial charge on any atom is 0.307 e. The highest BCUT2D eigenvalue weighted by Crippen LogP contribution is 2.39. The summed E-state index contributed by atoms with van der Waals surface area (Å²) in [6, 6.07) is 0.894.